The van der Waals surface area contributed by atoms with Crippen molar-refractivity contribution >= 4 is 23.0 Å². The summed E-state index contributed by atoms with van der Waals surface area (Å²) in [6.07, 6.45) is 1.65. The summed E-state index contributed by atoms with van der Waals surface area (Å²) in [5.41, 5.74) is 2.50. The van der Waals surface area contributed by atoms with Gasteiger partial charge in [-0.3, -0.25) is 0 Å². The Kier molecular flexibility index (Phi) is 4.78. The maximum absolute atomic E-state index is 13.0. The predicted molar refractivity (Wildman–Crippen MR) is 95.7 cm³/mol. The van der Waals surface area contributed by atoms with Gasteiger partial charge in [0.15, 0.2) is 11.5 Å². The second kappa shape index (κ2) is 7.16. The first-order valence-corrected chi connectivity index (χ1v) is 8.19. The highest BCUT2D eigenvalue weighted by atomic mass is 32.1. The highest BCUT2D eigenvalue weighted by Crippen LogP contribution is 2.30. The van der Waals surface area contributed by atoms with E-state index in [-0.39, 0.29) is 11.6 Å². The Morgan fingerprint density at radius 2 is 2.04 bits per heavy atom. The summed E-state index contributed by atoms with van der Waals surface area (Å²) >= 11 is 1.33. The first-order valence-electron chi connectivity index (χ1n) is 7.31. The lowest BCUT2D eigenvalue weighted by atomic mass is 10.1. The van der Waals surface area contributed by atoms with Gasteiger partial charge >= 0.3 is 0 Å². The van der Waals surface area contributed by atoms with E-state index in [2.05, 4.69) is 11.1 Å². The van der Waals surface area contributed by atoms with Gasteiger partial charge in [-0.05, 0) is 48.0 Å². The smallest absolute Gasteiger partial charge is 0.160 e. The van der Waals surface area contributed by atoms with Crippen LogP contribution in [0.5, 0.6) is 11.5 Å². The molecule has 1 heterocycles. The summed E-state index contributed by atoms with van der Waals surface area (Å²) in [7, 11) is 1.47. The van der Waals surface area contributed by atoms with Gasteiger partial charge < -0.3 is 9.84 Å². The molecule has 0 saturated heterocycles. The second-order valence-electron chi connectivity index (χ2n) is 5.15. The minimum Gasteiger partial charge on any atom is -0.504 e. The number of phenols is 1. The van der Waals surface area contributed by atoms with Gasteiger partial charge in [0.05, 0.1) is 18.4 Å². The second-order valence-corrected chi connectivity index (χ2v) is 6.00. The van der Waals surface area contributed by atoms with E-state index >= 15 is 0 Å². The number of aromatic hydroxyl groups is 1. The summed E-state index contributed by atoms with van der Waals surface area (Å²) in [5.74, 6) is 0.0549. The fraction of sp³-hybridized carbons (Fsp3) is 0.0526. The molecule has 0 atom stereocenters. The number of nitrogens with zero attached hydrogens (tertiary/aromatic N) is 2. The first-order chi connectivity index (χ1) is 12.1. The number of thiazole rings is 1. The number of nitriles is 1. The lowest BCUT2D eigenvalue weighted by Crippen LogP contribution is -1.85. The average Bonchev–Trinajstić information content (AvgIpc) is 3.10. The van der Waals surface area contributed by atoms with E-state index in [1.807, 2.05) is 5.38 Å². The van der Waals surface area contributed by atoms with Gasteiger partial charge in [0.1, 0.15) is 16.9 Å². The van der Waals surface area contributed by atoms with Gasteiger partial charge in [-0.1, -0.05) is 6.07 Å². The number of halogens is 1. The Balaban J connectivity index is 1.92. The summed E-state index contributed by atoms with van der Waals surface area (Å²) in [6.45, 7) is 0. The highest BCUT2D eigenvalue weighted by Gasteiger charge is 2.10. The molecule has 1 aromatic heterocycles. The molecule has 2 aromatic carbocycles. The van der Waals surface area contributed by atoms with Crippen LogP contribution >= 0.6 is 11.3 Å². The van der Waals surface area contributed by atoms with Crippen molar-refractivity contribution in [2.24, 2.45) is 0 Å². The largest absolute Gasteiger partial charge is 0.504 e. The molecule has 3 aromatic rings. The number of aromatic nitrogens is 1. The fourth-order valence-electron chi connectivity index (χ4n) is 2.26. The fourth-order valence-corrected chi connectivity index (χ4v) is 3.05. The highest BCUT2D eigenvalue weighted by molar-refractivity contribution is 7.11. The number of rotatable bonds is 4. The van der Waals surface area contributed by atoms with Crippen LogP contribution in [-0.2, 0) is 0 Å². The van der Waals surface area contributed by atoms with Crippen molar-refractivity contribution in [3.63, 3.8) is 0 Å². The van der Waals surface area contributed by atoms with Crippen molar-refractivity contribution in [1.29, 1.82) is 5.26 Å². The predicted octanol–water partition coefficient (Wildman–Crippen LogP) is 4.73. The molecule has 0 bridgehead atoms. The third-order valence-electron chi connectivity index (χ3n) is 3.51. The number of hydrogen-bond donors (Lipinski definition) is 1. The number of hydrogen-bond acceptors (Lipinski definition) is 5. The Bertz CT molecular complexity index is 972. The van der Waals surface area contributed by atoms with E-state index in [1.165, 1.54) is 36.6 Å². The van der Waals surface area contributed by atoms with E-state index in [0.29, 0.717) is 27.6 Å². The molecule has 0 aliphatic rings. The lowest BCUT2D eigenvalue weighted by molar-refractivity contribution is 0.373. The molecule has 0 unspecified atom stereocenters. The molecule has 124 valence electrons. The quantitative estimate of drug-likeness (QED) is 0.690. The third-order valence-corrected chi connectivity index (χ3v) is 4.38. The molecule has 25 heavy (non-hydrogen) atoms. The van der Waals surface area contributed by atoms with Crippen LogP contribution in [0.15, 0.2) is 47.8 Å². The number of phenolic OH excluding ortho intramolecular Hbond substituents is 1. The number of methoxy groups -OCH3 is 1. The molecule has 4 nitrogen and oxygen atoms in total. The van der Waals surface area contributed by atoms with Gasteiger partial charge in [-0.2, -0.15) is 5.26 Å². The SMILES string of the molecule is COc1ccc(/C=C(/C#N)c2nc(-c3ccc(F)cc3)cs2)cc1O. The Labute approximate surface area is 148 Å². The van der Waals surface area contributed by atoms with Crippen molar-refractivity contribution < 1.29 is 14.2 Å². The van der Waals surface area contributed by atoms with Crippen LogP contribution in [0, 0.1) is 17.1 Å². The Hall–Kier alpha value is -3.17. The molecule has 0 fully saturated rings. The Morgan fingerprint density at radius 1 is 1.28 bits per heavy atom. The molecular formula is C19H13FN2O2S. The van der Waals surface area contributed by atoms with E-state index in [9.17, 15) is 14.8 Å². The van der Waals surface area contributed by atoms with Gasteiger partial charge in [0.25, 0.3) is 0 Å². The zero-order valence-corrected chi connectivity index (χ0v) is 14.0. The van der Waals surface area contributed by atoms with Gasteiger partial charge in [0.2, 0.25) is 0 Å². The summed E-state index contributed by atoms with van der Waals surface area (Å²) in [4.78, 5) is 4.45. The van der Waals surface area contributed by atoms with Crippen LogP contribution in [-0.4, -0.2) is 17.2 Å². The van der Waals surface area contributed by atoms with Crippen molar-refractivity contribution in [3.05, 3.63) is 64.2 Å². The summed E-state index contributed by atoms with van der Waals surface area (Å²) < 4.78 is 18.0. The van der Waals surface area contributed by atoms with E-state index < -0.39 is 0 Å². The molecule has 0 radical (unpaired) electrons. The minimum absolute atomic E-state index is 0.000296. The van der Waals surface area contributed by atoms with Crippen LogP contribution in [0.2, 0.25) is 0 Å². The Morgan fingerprint density at radius 3 is 2.68 bits per heavy atom. The van der Waals surface area contributed by atoms with Gasteiger partial charge in [-0.25, -0.2) is 9.37 Å². The molecule has 3 rings (SSSR count). The van der Waals surface area contributed by atoms with Gasteiger partial charge in [0, 0.05) is 10.9 Å². The maximum atomic E-state index is 13.0. The average molecular weight is 352 g/mol. The zero-order valence-electron chi connectivity index (χ0n) is 13.2. The number of ether oxygens (including phenoxy) is 1. The van der Waals surface area contributed by atoms with Crippen molar-refractivity contribution in [2.75, 3.05) is 7.11 Å². The van der Waals surface area contributed by atoms with Crippen LogP contribution in [0.1, 0.15) is 10.6 Å². The van der Waals surface area contributed by atoms with E-state index in [4.69, 9.17) is 4.74 Å². The molecular weight excluding hydrogens is 339 g/mol. The van der Waals surface area contributed by atoms with Gasteiger partial charge in [-0.15, -0.1) is 11.3 Å². The van der Waals surface area contributed by atoms with Crippen LogP contribution < -0.4 is 4.74 Å². The monoisotopic (exact) mass is 352 g/mol. The standard InChI is InChI=1S/C19H13FN2O2S/c1-24-18-7-2-12(9-17(18)23)8-14(10-21)19-22-16(11-25-19)13-3-5-15(20)6-4-13/h2-9,11,23H,1H3/b14-8-. The number of benzene rings is 2. The van der Waals surface area contributed by atoms with Crippen molar-refractivity contribution in [1.82, 2.24) is 4.98 Å². The number of allylic oxidation sites excluding steroid dienone is 1. The van der Waals surface area contributed by atoms with Crippen LogP contribution in [0.25, 0.3) is 22.9 Å². The zero-order chi connectivity index (χ0) is 17.8. The molecule has 6 heteroatoms. The third kappa shape index (κ3) is 3.67. The maximum Gasteiger partial charge on any atom is 0.160 e. The first kappa shape index (κ1) is 16.7. The minimum atomic E-state index is -0.309. The van der Waals surface area contributed by atoms with E-state index in [0.717, 1.165) is 5.56 Å². The lowest BCUT2D eigenvalue weighted by Gasteiger charge is -2.03. The summed E-state index contributed by atoms with van der Waals surface area (Å²) in [6, 6.07) is 13.0. The van der Waals surface area contributed by atoms with Crippen molar-refractivity contribution in [3.8, 4) is 28.8 Å². The molecule has 0 amide bonds. The molecule has 0 aliphatic carbocycles. The summed E-state index contributed by atoms with van der Waals surface area (Å²) in [5, 5.41) is 21.7. The van der Waals surface area contributed by atoms with Crippen molar-refractivity contribution in [2.45, 2.75) is 0 Å². The molecule has 1 N–H and O–H groups in total. The van der Waals surface area contributed by atoms with Crippen LogP contribution in [0.3, 0.4) is 0 Å². The molecule has 0 saturated carbocycles. The molecule has 0 aliphatic heterocycles. The molecule has 0 spiro atoms. The van der Waals surface area contributed by atoms with E-state index in [1.54, 1.807) is 30.3 Å². The topological polar surface area (TPSA) is 66.1 Å². The normalized spacial score (nSPS) is 11.2. The van der Waals surface area contributed by atoms with Crippen LogP contribution in [0.4, 0.5) is 4.39 Å².